The number of fused-ring (bicyclic) bond motifs is 1. The van der Waals surface area contributed by atoms with Crippen LogP contribution in [0.3, 0.4) is 0 Å². The molecule has 1 aromatic heterocycles. The van der Waals surface area contributed by atoms with Crippen molar-refractivity contribution in [1.29, 1.82) is 0 Å². The number of carbonyl (C=O) groups is 1. The highest BCUT2D eigenvalue weighted by molar-refractivity contribution is 6.16. The van der Waals surface area contributed by atoms with Gasteiger partial charge in [-0.15, -0.1) is 11.6 Å². The van der Waals surface area contributed by atoms with Gasteiger partial charge >= 0.3 is 0 Å². The average molecular weight is 284 g/mol. The Bertz CT molecular complexity index is 609. The number of alkyl halides is 1. The maximum atomic E-state index is 13.6. The lowest BCUT2D eigenvalue weighted by Gasteiger charge is -2.12. The molecular formula is C13H15ClFN3O. The van der Waals surface area contributed by atoms with Crippen molar-refractivity contribution in [3.8, 4) is 0 Å². The number of aryl methyl sites for hydroxylation is 1. The number of halogens is 2. The summed E-state index contributed by atoms with van der Waals surface area (Å²) in [6.07, 6.45) is 0.332. The monoisotopic (exact) mass is 283 g/mol. The Morgan fingerprint density at radius 1 is 1.47 bits per heavy atom. The van der Waals surface area contributed by atoms with E-state index in [2.05, 4.69) is 4.98 Å². The molecule has 0 spiro atoms. The molecule has 1 aromatic carbocycles. The van der Waals surface area contributed by atoms with Crippen LogP contribution in [0.2, 0.25) is 0 Å². The first kappa shape index (κ1) is 13.8. The fourth-order valence-electron chi connectivity index (χ4n) is 1.94. The summed E-state index contributed by atoms with van der Waals surface area (Å²) in [6.45, 7) is 0.443. The minimum absolute atomic E-state index is 0.0128. The molecule has 19 heavy (non-hydrogen) atoms. The van der Waals surface area contributed by atoms with E-state index in [1.54, 1.807) is 30.8 Å². The predicted octanol–water partition coefficient (Wildman–Crippen LogP) is 2.39. The molecule has 6 heteroatoms. The van der Waals surface area contributed by atoms with Crippen LogP contribution in [0, 0.1) is 5.82 Å². The van der Waals surface area contributed by atoms with E-state index in [9.17, 15) is 9.18 Å². The minimum atomic E-state index is -0.374. The second-order valence-corrected chi connectivity index (χ2v) is 4.73. The van der Waals surface area contributed by atoms with Gasteiger partial charge in [0, 0.05) is 27.1 Å². The highest BCUT2D eigenvalue weighted by atomic mass is 35.5. The highest BCUT2D eigenvalue weighted by Crippen LogP contribution is 2.20. The number of nitrogens with zero attached hydrogens (tertiary/aromatic N) is 3. The second-order valence-electron chi connectivity index (χ2n) is 4.46. The second kappa shape index (κ2) is 5.57. The summed E-state index contributed by atoms with van der Waals surface area (Å²) in [5.41, 5.74) is 0.970. The number of imidazole rings is 1. The summed E-state index contributed by atoms with van der Waals surface area (Å²) in [5, 5.41) is 0. The van der Waals surface area contributed by atoms with Crippen molar-refractivity contribution in [2.24, 2.45) is 0 Å². The normalized spacial score (nSPS) is 10.9. The fraction of sp³-hybridized carbons (Fsp3) is 0.385. The van der Waals surface area contributed by atoms with Gasteiger partial charge in [0.1, 0.15) is 11.3 Å². The lowest BCUT2D eigenvalue weighted by Crippen LogP contribution is -2.23. The average Bonchev–Trinajstić information content (AvgIpc) is 2.75. The quantitative estimate of drug-likeness (QED) is 0.808. The van der Waals surface area contributed by atoms with Crippen LogP contribution in [0.25, 0.3) is 11.0 Å². The molecule has 0 aliphatic rings. The van der Waals surface area contributed by atoms with Crippen LogP contribution in [0.5, 0.6) is 0 Å². The van der Waals surface area contributed by atoms with E-state index in [-0.39, 0.29) is 17.6 Å². The molecule has 0 fully saturated rings. The van der Waals surface area contributed by atoms with Crippen LogP contribution < -0.4 is 0 Å². The smallest absolute Gasteiger partial charge is 0.223 e. The van der Waals surface area contributed by atoms with Gasteiger partial charge in [-0.1, -0.05) is 6.07 Å². The highest BCUT2D eigenvalue weighted by Gasteiger charge is 2.14. The SMILES string of the molecule is CN(C)C(=O)CCn1c(CCl)nc2c(F)cccc21. The summed E-state index contributed by atoms with van der Waals surface area (Å²) < 4.78 is 15.4. The van der Waals surface area contributed by atoms with Crippen molar-refractivity contribution < 1.29 is 9.18 Å². The minimum Gasteiger partial charge on any atom is -0.349 e. The molecule has 2 rings (SSSR count). The van der Waals surface area contributed by atoms with Crippen LogP contribution in [0.4, 0.5) is 4.39 Å². The van der Waals surface area contributed by atoms with Gasteiger partial charge in [-0.2, -0.15) is 0 Å². The Labute approximate surface area is 115 Å². The van der Waals surface area contributed by atoms with Crippen molar-refractivity contribution in [2.75, 3.05) is 14.1 Å². The Morgan fingerprint density at radius 2 is 2.21 bits per heavy atom. The zero-order valence-corrected chi connectivity index (χ0v) is 11.6. The number of amides is 1. The third kappa shape index (κ3) is 2.71. The number of rotatable bonds is 4. The van der Waals surface area contributed by atoms with E-state index in [0.29, 0.717) is 29.8 Å². The lowest BCUT2D eigenvalue weighted by atomic mass is 10.3. The van der Waals surface area contributed by atoms with E-state index < -0.39 is 0 Å². The van der Waals surface area contributed by atoms with E-state index in [0.717, 1.165) is 0 Å². The largest absolute Gasteiger partial charge is 0.349 e. The van der Waals surface area contributed by atoms with Gasteiger partial charge in [0.05, 0.1) is 11.4 Å². The molecule has 0 atom stereocenters. The van der Waals surface area contributed by atoms with Crippen molar-refractivity contribution in [3.05, 3.63) is 29.8 Å². The zero-order chi connectivity index (χ0) is 14.0. The maximum absolute atomic E-state index is 13.6. The van der Waals surface area contributed by atoms with Crippen molar-refractivity contribution in [2.45, 2.75) is 18.8 Å². The molecule has 0 N–H and O–H groups in total. The molecular weight excluding hydrogens is 269 g/mol. The Kier molecular flexibility index (Phi) is 4.04. The van der Waals surface area contributed by atoms with Crippen LogP contribution >= 0.6 is 11.6 Å². The molecule has 1 amide bonds. The molecule has 2 aromatic rings. The summed E-state index contributed by atoms with van der Waals surface area (Å²) >= 11 is 5.83. The van der Waals surface area contributed by atoms with Crippen molar-refractivity contribution in [3.63, 3.8) is 0 Å². The molecule has 0 unspecified atom stereocenters. The molecule has 0 radical (unpaired) electrons. The van der Waals surface area contributed by atoms with Gasteiger partial charge in [-0.3, -0.25) is 4.79 Å². The van der Waals surface area contributed by atoms with Crippen LogP contribution in [0.15, 0.2) is 18.2 Å². The van der Waals surface area contributed by atoms with Gasteiger partial charge in [-0.25, -0.2) is 9.37 Å². The van der Waals surface area contributed by atoms with Crippen LogP contribution in [0.1, 0.15) is 12.2 Å². The Balaban J connectivity index is 2.36. The first-order valence-corrected chi connectivity index (χ1v) is 6.47. The number of aromatic nitrogens is 2. The third-order valence-electron chi connectivity index (χ3n) is 2.98. The number of hydrogen-bond donors (Lipinski definition) is 0. The van der Waals surface area contributed by atoms with Gasteiger partial charge in [0.15, 0.2) is 5.82 Å². The molecule has 0 bridgehead atoms. The Morgan fingerprint density at radius 3 is 2.84 bits per heavy atom. The van der Waals surface area contributed by atoms with Crippen molar-refractivity contribution >= 4 is 28.5 Å². The van der Waals surface area contributed by atoms with Gasteiger partial charge < -0.3 is 9.47 Å². The molecule has 0 aliphatic carbocycles. The number of carbonyl (C=O) groups excluding carboxylic acids is 1. The van der Waals surface area contributed by atoms with Crippen LogP contribution in [-0.2, 0) is 17.2 Å². The summed E-state index contributed by atoms with van der Waals surface area (Å²) in [5.74, 6) is 0.401. The van der Waals surface area contributed by atoms with E-state index in [1.807, 2.05) is 0 Å². The fourth-order valence-corrected chi connectivity index (χ4v) is 2.15. The lowest BCUT2D eigenvalue weighted by molar-refractivity contribution is -0.128. The summed E-state index contributed by atoms with van der Waals surface area (Å²) in [4.78, 5) is 17.3. The molecule has 0 saturated carbocycles. The van der Waals surface area contributed by atoms with E-state index in [4.69, 9.17) is 11.6 Å². The number of benzene rings is 1. The number of para-hydroxylation sites is 1. The van der Waals surface area contributed by atoms with E-state index in [1.165, 1.54) is 11.0 Å². The first-order valence-electron chi connectivity index (χ1n) is 5.94. The summed E-state index contributed by atoms with van der Waals surface area (Å²) in [7, 11) is 3.41. The first-order chi connectivity index (χ1) is 9.04. The van der Waals surface area contributed by atoms with Gasteiger partial charge in [-0.05, 0) is 12.1 Å². The Hall–Kier alpha value is -1.62. The molecule has 0 saturated heterocycles. The van der Waals surface area contributed by atoms with E-state index >= 15 is 0 Å². The molecule has 1 heterocycles. The predicted molar refractivity (Wildman–Crippen MR) is 72.6 cm³/mol. The topological polar surface area (TPSA) is 38.1 Å². The zero-order valence-electron chi connectivity index (χ0n) is 10.9. The number of hydrogen-bond acceptors (Lipinski definition) is 2. The molecule has 102 valence electrons. The summed E-state index contributed by atoms with van der Waals surface area (Å²) in [6, 6.07) is 4.77. The maximum Gasteiger partial charge on any atom is 0.223 e. The molecule has 0 aliphatic heterocycles. The van der Waals surface area contributed by atoms with Crippen molar-refractivity contribution in [1.82, 2.24) is 14.5 Å². The molecule has 4 nitrogen and oxygen atoms in total. The van der Waals surface area contributed by atoms with Gasteiger partial charge in [0.2, 0.25) is 5.91 Å². The van der Waals surface area contributed by atoms with Gasteiger partial charge in [0.25, 0.3) is 0 Å². The van der Waals surface area contributed by atoms with Crippen LogP contribution in [-0.4, -0.2) is 34.5 Å². The third-order valence-corrected chi connectivity index (χ3v) is 3.22. The standard InChI is InChI=1S/C13H15ClFN3O/c1-17(2)12(19)6-7-18-10-5-3-4-9(15)13(10)16-11(18)8-14/h3-5H,6-8H2,1-2H3.